The molecule has 3 aromatic carbocycles. The molecule has 1 amide bonds. The Kier molecular flexibility index (Phi) is 7.43. The zero-order valence-corrected chi connectivity index (χ0v) is 19.2. The number of methoxy groups -OCH3 is 2. The topological polar surface area (TPSA) is 52.5 Å². The van der Waals surface area contributed by atoms with Crippen molar-refractivity contribution in [2.45, 2.75) is 18.9 Å². The number of benzene rings is 3. The van der Waals surface area contributed by atoms with Crippen molar-refractivity contribution in [2.75, 3.05) is 27.4 Å². The van der Waals surface area contributed by atoms with E-state index >= 15 is 0 Å². The van der Waals surface area contributed by atoms with Gasteiger partial charge < -0.3 is 19.4 Å². The molecule has 4 aromatic rings. The molecule has 0 bridgehead atoms. The Labute approximate surface area is 195 Å². The first-order chi connectivity index (χ1) is 16.2. The van der Waals surface area contributed by atoms with E-state index in [0.29, 0.717) is 19.6 Å². The molecular weight excluding hydrogens is 412 g/mol. The van der Waals surface area contributed by atoms with Crippen LogP contribution >= 0.6 is 0 Å². The van der Waals surface area contributed by atoms with E-state index in [4.69, 9.17) is 9.47 Å². The number of carbonyl (C=O) groups is 1. The van der Waals surface area contributed by atoms with Gasteiger partial charge in [-0.25, -0.2) is 0 Å². The fraction of sp³-hybridized carbons (Fsp3) is 0.250. The molecule has 0 aliphatic heterocycles. The van der Waals surface area contributed by atoms with E-state index in [1.54, 1.807) is 14.2 Å². The summed E-state index contributed by atoms with van der Waals surface area (Å²) in [6.07, 6.45) is 2.51. The van der Waals surface area contributed by atoms with E-state index in [-0.39, 0.29) is 11.8 Å². The minimum Gasteiger partial charge on any atom is -0.496 e. The molecule has 170 valence electrons. The van der Waals surface area contributed by atoms with Crippen molar-refractivity contribution in [3.8, 4) is 5.75 Å². The number of para-hydroxylation sites is 2. The summed E-state index contributed by atoms with van der Waals surface area (Å²) in [4.78, 5) is 12.9. The van der Waals surface area contributed by atoms with Gasteiger partial charge in [-0.2, -0.15) is 0 Å². The van der Waals surface area contributed by atoms with E-state index in [2.05, 4.69) is 70.7 Å². The number of rotatable bonds is 10. The van der Waals surface area contributed by atoms with Gasteiger partial charge in [0.1, 0.15) is 5.75 Å². The number of carbonyl (C=O) groups excluding carboxylic acids is 1. The summed E-state index contributed by atoms with van der Waals surface area (Å²) in [5, 5.41) is 4.12. The summed E-state index contributed by atoms with van der Waals surface area (Å²) in [5.41, 5.74) is 4.50. The lowest BCUT2D eigenvalue weighted by atomic mass is 9.87. The lowest BCUT2D eigenvalue weighted by Crippen LogP contribution is -2.28. The minimum atomic E-state index is -0.148. The SMILES string of the molecule is COCCNC(=O)C[C@H](c1ccccc1OC)c1cn(Cc2ccccc2)c2ccccc12. The number of hydrogen-bond donors (Lipinski definition) is 1. The van der Waals surface area contributed by atoms with Crippen molar-refractivity contribution in [3.05, 3.63) is 102 Å². The first-order valence-corrected chi connectivity index (χ1v) is 11.2. The third-order valence-corrected chi connectivity index (χ3v) is 5.92. The van der Waals surface area contributed by atoms with Crippen molar-refractivity contribution in [3.63, 3.8) is 0 Å². The van der Waals surface area contributed by atoms with Crippen molar-refractivity contribution in [2.24, 2.45) is 0 Å². The fourth-order valence-corrected chi connectivity index (χ4v) is 4.36. The molecule has 0 radical (unpaired) electrons. The third-order valence-electron chi connectivity index (χ3n) is 5.92. The molecule has 0 unspecified atom stereocenters. The smallest absolute Gasteiger partial charge is 0.221 e. The number of amides is 1. The average Bonchev–Trinajstić information content (AvgIpc) is 3.21. The third kappa shape index (κ3) is 5.26. The maximum atomic E-state index is 12.9. The Morgan fingerprint density at radius 2 is 1.64 bits per heavy atom. The predicted octanol–water partition coefficient (Wildman–Crippen LogP) is 4.98. The number of nitrogens with zero attached hydrogens (tertiary/aromatic N) is 1. The molecule has 1 atom stereocenters. The quantitative estimate of drug-likeness (QED) is 0.352. The summed E-state index contributed by atoms with van der Waals surface area (Å²) in [6.45, 7) is 1.74. The monoisotopic (exact) mass is 442 g/mol. The van der Waals surface area contributed by atoms with Gasteiger partial charge >= 0.3 is 0 Å². The fourth-order valence-electron chi connectivity index (χ4n) is 4.36. The van der Waals surface area contributed by atoms with Gasteiger partial charge in [0.15, 0.2) is 0 Å². The van der Waals surface area contributed by atoms with Gasteiger partial charge in [-0.3, -0.25) is 4.79 Å². The predicted molar refractivity (Wildman–Crippen MR) is 132 cm³/mol. The zero-order chi connectivity index (χ0) is 23.0. The Balaban J connectivity index is 1.77. The lowest BCUT2D eigenvalue weighted by molar-refractivity contribution is -0.121. The van der Waals surface area contributed by atoms with Crippen molar-refractivity contribution in [1.29, 1.82) is 0 Å². The van der Waals surface area contributed by atoms with Gasteiger partial charge in [-0.15, -0.1) is 0 Å². The maximum Gasteiger partial charge on any atom is 0.221 e. The molecule has 1 N–H and O–H groups in total. The normalized spacial score (nSPS) is 11.9. The summed E-state index contributed by atoms with van der Waals surface area (Å²) in [7, 11) is 3.30. The highest BCUT2D eigenvalue weighted by Gasteiger charge is 2.25. The minimum absolute atomic E-state index is 0.0113. The van der Waals surface area contributed by atoms with Crippen LogP contribution < -0.4 is 10.1 Å². The molecule has 0 spiro atoms. The van der Waals surface area contributed by atoms with Crippen molar-refractivity contribution < 1.29 is 14.3 Å². The highest BCUT2D eigenvalue weighted by atomic mass is 16.5. The molecule has 4 rings (SSSR count). The van der Waals surface area contributed by atoms with Crippen LogP contribution in [0.15, 0.2) is 85.1 Å². The molecule has 5 nitrogen and oxygen atoms in total. The number of ether oxygens (including phenoxy) is 2. The number of nitrogens with one attached hydrogen (secondary N) is 1. The summed E-state index contributed by atoms with van der Waals surface area (Å²) in [6, 6.07) is 26.8. The molecular formula is C28H30N2O3. The average molecular weight is 443 g/mol. The Morgan fingerprint density at radius 3 is 2.42 bits per heavy atom. The van der Waals surface area contributed by atoms with Gasteiger partial charge in [0.25, 0.3) is 0 Å². The molecule has 0 fully saturated rings. The highest BCUT2D eigenvalue weighted by molar-refractivity contribution is 5.87. The van der Waals surface area contributed by atoms with Gasteiger partial charge in [-0.1, -0.05) is 66.7 Å². The second-order valence-electron chi connectivity index (χ2n) is 8.06. The Bertz CT molecular complexity index is 1200. The second-order valence-corrected chi connectivity index (χ2v) is 8.06. The lowest BCUT2D eigenvalue weighted by Gasteiger charge is -2.20. The van der Waals surface area contributed by atoms with E-state index in [1.807, 2.05) is 24.3 Å². The summed E-state index contributed by atoms with van der Waals surface area (Å²) >= 11 is 0. The van der Waals surface area contributed by atoms with E-state index in [0.717, 1.165) is 34.3 Å². The van der Waals surface area contributed by atoms with Crippen molar-refractivity contribution in [1.82, 2.24) is 9.88 Å². The first-order valence-electron chi connectivity index (χ1n) is 11.2. The molecule has 33 heavy (non-hydrogen) atoms. The van der Waals surface area contributed by atoms with E-state index < -0.39 is 0 Å². The summed E-state index contributed by atoms with van der Waals surface area (Å²) < 4.78 is 13.0. The van der Waals surface area contributed by atoms with Gasteiger partial charge in [-0.05, 0) is 23.3 Å². The van der Waals surface area contributed by atoms with Crippen LogP contribution in [-0.4, -0.2) is 37.8 Å². The van der Waals surface area contributed by atoms with Crippen LogP contribution in [0.2, 0.25) is 0 Å². The van der Waals surface area contributed by atoms with Crippen LogP contribution in [0.3, 0.4) is 0 Å². The van der Waals surface area contributed by atoms with Crippen LogP contribution in [0, 0.1) is 0 Å². The summed E-state index contributed by atoms with van der Waals surface area (Å²) in [5.74, 6) is 0.626. The van der Waals surface area contributed by atoms with Gasteiger partial charge in [0, 0.05) is 55.2 Å². The van der Waals surface area contributed by atoms with E-state index in [1.165, 1.54) is 5.56 Å². The first kappa shape index (κ1) is 22.6. The Hall–Kier alpha value is -3.57. The molecule has 0 saturated heterocycles. The molecule has 0 aliphatic carbocycles. The standard InChI is InChI=1S/C28H30N2O3/c1-32-17-16-29-28(31)18-24(23-13-7-9-15-27(23)33-2)25-20-30(19-21-10-4-3-5-11-21)26-14-8-6-12-22(25)26/h3-15,20,24H,16-19H2,1-2H3,(H,29,31)/t24-/m1/s1. The largest absolute Gasteiger partial charge is 0.496 e. The molecule has 5 heteroatoms. The van der Waals surface area contributed by atoms with Crippen LogP contribution in [-0.2, 0) is 16.1 Å². The number of fused-ring (bicyclic) bond motifs is 1. The van der Waals surface area contributed by atoms with Crippen LogP contribution in [0.1, 0.15) is 29.0 Å². The van der Waals surface area contributed by atoms with Crippen molar-refractivity contribution >= 4 is 16.8 Å². The number of hydrogen-bond acceptors (Lipinski definition) is 3. The van der Waals surface area contributed by atoms with Crippen LogP contribution in [0.4, 0.5) is 0 Å². The molecule has 1 heterocycles. The zero-order valence-electron chi connectivity index (χ0n) is 19.2. The van der Waals surface area contributed by atoms with Crippen LogP contribution in [0.5, 0.6) is 5.75 Å². The molecule has 0 aliphatic rings. The highest BCUT2D eigenvalue weighted by Crippen LogP contribution is 2.38. The maximum absolute atomic E-state index is 12.9. The van der Waals surface area contributed by atoms with E-state index in [9.17, 15) is 4.79 Å². The number of aromatic nitrogens is 1. The van der Waals surface area contributed by atoms with Gasteiger partial charge in [0.05, 0.1) is 13.7 Å². The second kappa shape index (κ2) is 10.8. The molecule has 1 aromatic heterocycles. The Morgan fingerprint density at radius 1 is 0.909 bits per heavy atom. The molecule has 0 saturated carbocycles. The van der Waals surface area contributed by atoms with Crippen LogP contribution in [0.25, 0.3) is 10.9 Å². The van der Waals surface area contributed by atoms with Gasteiger partial charge in [0.2, 0.25) is 5.91 Å².